The van der Waals surface area contributed by atoms with Crippen LogP contribution in [0.5, 0.6) is 0 Å². The maximum atomic E-state index is 13.2. The van der Waals surface area contributed by atoms with E-state index in [9.17, 15) is 18.0 Å². The SMILES string of the molecule is Cc1ccc(NC(=O)[C@H](C)n2nc(-c3ccc(C)c(S(=O)(=O)N4CCCC4)c3)ccc2=O)c(C)c1. The van der Waals surface area contributed by atoms with Gasteiger partial charge in [-0.25, -0.2) is 13.1 Å². The van der Waals surface area contributed by atoms with Crippen molar-refractivity contribution in [2.24, 2.45) is 0 Å². The Hall–Kier alpha value is -3.30. The van der Waals surface area contributed by atoms with Crippen LogP contribution < -0.4 is 10.9 Å². The Kier molecular flexibility index (Phi) is 6.91. The summed E-state index contributed by atoms with van der Waals surface area (Å²) in [4.78, 5) is 25.7. The molecule has 3 aromatic rings. The fourth-order valence-electron chi connectivity index (χ4n) is 4.26. The first-order valence-electron chi connectivity index (χ1n) is 11.7. The number of benzene rings is 2. The van der Waals surface area contributed by atoms with Crippen molar-refractivity contribution < 1.29 is 13.2 Å². The molecule has 1 atom stereocenters. The number of carbonyl (C=O) groups excluding carboxylic acids is 1. The summed E-state index contributed by atoms with van der Waals surface area (Å²) in [6.07, 6.45) is 1.71. The highest BCUT2D eigenvalue weighted by Crippen LogP contribution is 2.28. The van der Waals surface area contributed by atoms with E-state index in [0.29, 0.717) is 35.6 Å². The minimum Gasteiger partial charge on any atom is -0.324 e. The van der Waals surface area contributed by atoms with Crippen LogP contribution in [-0.4, -0.2) is 41.5 Å². The summed E-state index contributed by atoms with van der Waals surface area (Å²) in [6, 6.07) is 12.8. The summed E-state index contributed by atoms with van der Waals surface area (Å²) in [7, 11) is -3.62. The van der Waals surface area contributed by atoms with E-state index < -0.39 is 21.6 Å². The number of amides is 1. The minimum absolute atomic E-state index is 0.233. The molecule has 1 aromatic heterocycles. The normalized spacial score (nSPS) is 15.2. The third kappa shape index (κ3) is 5.06. The number of anilines is 1. The molecular weight excluding hydrogens is 464 g/mol. The molecule has 1 fully saturated rings. The molecule has 35 heavy (non-hydrogen) atoms. The second-order valence-corrected chi connectivity index (χ2v) is 11.0. The highest BCUT2D eigenvalue weighted by atomic mass is 32.2. The molecule has 0 aliphatic carbocycles. The first-order chi connectivity index (χ1) is 16.6. The number of nitrogens with zero attached hydrogens (tertiary/aromatic N) is 3. The van der Waals surface area contributed by atoms with Crippen molar-refractivity contribution in [3.63, 3.8) is 0 Å². The van der Waals surface area contributed by atoms with Crippen LogP contribution in [0.1, 0.15) is 42.5 Å². The highest BCUT2D eigenvalue weighted by Gasteiger charge is 2.29. The number of nitrogens with one attached hydrogen (secondary N) is 1. The van der Waals surface area contributed by atoms with Crippen LogP contribution in [0.15, 0.2) is 58.2 Å². The number of aromatic nitrogens is 2. The van der Waals surface area contributed by atoms with Gasteiger partial charge >= 0.3 is 0 Å². The van der Waals surface area contributed by atoms with Crippen LogP contribution in [0.25, 0.3) is 11.3 Å². The van der Waals surface area contributed by atoms with Crippen molar-refractivity contribution >= 4 is 21.6 Å². The summed E-state index contributed by atoms with van der Waals surface area (Å²) in [5, 5.41) is 7.29. The average Bonchev–Trinajstić information content (AvgIpc) is 3.37. The van der Waals surface area contributed by atoms with Gasteiger partial charge in [-0.3, -0.25) is 9.59 Å². The van der Waals surface area contributed by atoms with Gasteiger partial charge in [0.2, 0.25) is 15.9 Å². The van der Waals surface area contributed by atoms with Gasteiger partial charge in [0.05, 0.1) is 10.6 Å². The molecule has 1 saturated heterocycles. The predicted molar refractivity (Wildman–Crippen MR) is 136 cm³/mol. The summed E-state index contributed by atoms with van der Waals surface area (Å²) < 4.78 is 29.0. The number of sulfonamides is 1. The molecule has 0 unspecified atom stereocenters. The molecule has 1 amide bonds. The zero-order valence-electron chi connectivity index (χ0n) is 20.4. The summed E-state index contributed by atoms with van der Waals surface area (Å²) in [5.74, 6) is -0.370. The zero-order valence-corrected chi connectivity index (χ0v) is 21.2. The molecule has 8 nitrogen and oxygen atoms in total. The predicted octanol–water partition coefficient (Wildman–Crippen LogP) is 3.82. The quantitative estimate of drug-likeness (QED) is 0.561. The van der Waals surface area contributed by atoms with Crippen molar-refractivity contribution in [2.75, 3.05) is 18.4 Å². The highest BCUT2D eigenvalue weighted by molar-refractivity contribution is 7.89. The average molecular weight is 495 g/mol. The van der Waals surface area contributed by atoms with E-state index in [2.05, 4.69) is 10.4 Å². The van der Waals surface area contributed by atoms with E-state index >= 15 is 0 Å². The third-order valence-corrected chi connectivity index (χ3v) is 8.42. The monoisotopic (exact) mass is 494 g/mol. The second kappa shape index (κ2) is 9.75. The summed E-state index contributed by atoms with van der Waals surface area (Å²) in [6.45, 7) is 8.28. The molecule has 4 rings (SSSR count). The van der Waals surface area contributed by atoms with Gasteiger partial charge < -0.3 is 5.32 Å². The molecule has 1 aliphatic heterocycles. The van der Waals surface area contributed by atoms with Gasteiger partial charge in [-0.05, 0) is 69.9 Å². The van der Waals surface area contributed by atoms with E-state index in [1.165, 1.54) is 10.4 Å². The smallest absolute Gasteiger partial charge is 0.267 e. The van der Waals surface area contributed by atoms with E-state index in [4.69, 9.17) is 0 Å². The van der Waals surface area contributed by atoms with Crippen molar-refractivity contribution in [3.8, 4) is 11.3 Å². The lowest BCUT2D eigenvalue weighted by Gasteiger charge is -2.18. The van der Waals surface area contributed by atoms with Gasteiger partial charge in [-0.2, -0.15) is 9.40 Å². The maximum Gasteiger partial charge on any atom is 0.267 e. The first kappa shape index (κ1) is 24.8. The lowest BCUT2D eigenvalue weighted by Crippen LogP contribution is -2.33. The molecule has 0 bridgehead atoms. The summed E-state index contributed by atoms with van der Waals surface area (Å²) in [5.41, 5.74) is 3.88. The molecule has 0 radical (unpaired) electrons. The standard InChI is InChI=1S/C26H30N4O4S/c1-17-7-10-22(19(3)15-17)27-26(32)20(4)30-25(31)12-11-23(28-30)21-9-8-18(2)24(16-21)35(33,34)29-13-5-6-14-29/h7-12,15-16,20H,5-6,13-14H2,1-4H3,(H,27,32)/t20-/m0/s1. The fourth-order valence-corrected chi connectivity index (χ4v) is 6.03. The van der Waals surface area contributed by atoms with E-state index in [0.717, 1.165) is 28.7 Å². The maximum absolute atomic E-state index is 13.2. The topological polar surface area (TPSA) is 101 Å². The number of aryl methyl sites for hydroxylation is 3. The number of rotatable bonds is 6. The van der Waals surface area contributed by atoms with Crippen molar-refractivity contribution in [1.82, 2.24) is 14.1 Å². The molecule has 184 valence electrons. The Morgan fingerprint density at radius 2 is 1.69 bits per heavy atom. The van der Waals surface area contributed by atoms with E-state index in [-0.39, 0.29) is 10.8 Å². The molecule has 1 aliphatic rings. The van der Waals surface area contributed by atoms with Crippen LogP contribution in [0.4, 0.5) is 5.69 Å². The molecular formula is C26H30N4O4S. The zero-order chi connectivity index (χ0) is 25.3. The number of hydrogen-bond donors (Lipinski definition) is 1. The third-order valence-electron chi connectivity index (χ3n) is 6.38. The Bertz CT molecular complexity index is 1440. The van der Waals surface area contributed by atoms with Crippen LogP contribution in [0.2, 0.25) is 0 Å². The van der Waals surface area contributed by atoms with E-state index in [1.54, 1.807) is 38.1 Å². The van der Waals surface area contributed by atoms with Crippen LogP contribution >= 0.6 is 0 Å². The number of hydrogen-bond acceptors (Lipinski definition) is 5. The largest absolute Gasteiger partial charge is 0.324 e. The van der Waals surface area contributed by atoms with Gasteiger partial charge in [0.25, 0.3) is 5.56 Å². The van der Waals surface area contributed by atoms with Crippen LogP contribution in [0, 0.1) is 20.8 Å². The van der Waals surface area contributed by atoms with Gasteiger partial charge in [-0.1, -0.05) is 29.8 Å². The van der Waals surface area contributed by atoms with Crippen molar-refractivity contribution in [2.45, 2.75) is 51.5 Å². The minimum atomic E-state index is -3.62. The Morgan fingerprint density at radius 1 is 0.971 bits per heavy atom. The van der Waals surface area contributed by atoms with Crippen LogP contribution in [0.3, 0.4) is 0 Å². The van der Waals surface area contributed by atoms with Crippen molar-refractivity contribution in [3.05, 3.63) is 75.6 Å². The van der Waals surface area contributed by atoms with Crippen LogP contribution in [-0.2, 0) is 14.8 Å². The number of carbonyl (C=O) groups is 1. The lowest BCUT2D eigenvalue weighted by molar-refractivity contribution is -0.119. The molecule has 9 heteroatoms. The molecule has 2 aromatic carbocycles. The van der Waals surface area contributed by atoms with Crippen molar-refractivity contribution in [1.29, 1.82) is 0 Å². The molecule has 2 heterocycles. The lowest BCUT2D eigenvalue weighted by atomic mass is 10.1. The molecule has 0 saturated carbocycles. The molecule has 0 spiro atoms. The van der Waals surface area contributed by atoms with Gasteiger partial charge in [0, 0.05) is 30.4 Å². The summed E-state index contributed by atoms with van der Waals surface area (Å²) >= 11 is 0. The Balaban J connectivity index is 1.65. The van der Waals surface area contributed by atoms with Gasteiger partial charge in [0.1, 0.15) is 6.04 Å². The fraction of sp³-hybridized carbons (Fsp3) is 0.346. The molecule has 1 N–H and O–H groups in total. The van der Waals surface area contributed by atoms with E-state index in [1.807, 2.05) is 32.0 Å². The second-order valence-electron chi connectivity index (χ2n) is 9.08. The first-order valence-corrected chi connectivity index (χ1v) is 13.1. The Labute approximate surface area is 205 Å². The Morgan fingerprint density at radius 3 is 2.37 bits per heavy atom. The van der Waals surface area contributed by atoms with Gasteiger partial charge in [-0.15, -0.1) is 0 Å². The van der Waals surface area contributed by atoms with Gasteiger partial charge in [0.15, 0.2) is 0 Å².